The second kappa shape index (κ2) is 4.94. The molecule has 1 aliphatic heterocycles. The van der Waals surface area contributed by atoms with Gasteiger partial charge in [0.15, 0.2) is 0 Å². The highest BCUT2D eigenvalue weighted by Gasteiger charge is 2.42. The zero-order chi connectivity index (χ0) is 13.4. The van der Waals surface area contributed by atoms with Gasteiger partial charge in [-0.15, -0.1) is 11.3 Å². The van der Waals surface area contributed by atoms with Crippen molar-refractivity contribution in [1.29, 1.82) is 0 Å². The maximum absolute atomic E-state index is 12.3. The van der Waals surface area contributed by atoms with Crippen molar-refractivity contribution in [3.8, 4) is 0 Å². The average Bonchev–Trinajstić information content (AvgIpc) is 3.02. The Labute approximate surface area is 115 Å². The minimum atomic E-state index is -0.505. The molecule has 19 heavy (non-hydrogen) atoms. The van der Waals surface area contributed by atoms with Gasteiger partial charge in [-0.3, -0.25) is 9.59 Å². The molecule has 1 saturated carbocycles. The highest BCUT2D eigenvalue weighted by Crippen LogP contribution is 2.38. The Balaban J connectivity index is 1.71. The molecule has 2 amide bonds. The van der Waals surface area contributed by atoms with Gasteiger partial charge < -0.3 is 16.4 Å². The fourth-order valence-electron chi connectivity index (χ4n) is 3.26. The number of primary amides is 1. The molecule has 0 spiro atoms. The van der Waals surface area contributed by atoms with Crippen molar-refractivity contribution in [2.75, 3.05) is 11.9 Å². The van der Waals surface area contributed by atoms with Gasteiger partial charge in [-0.1, -0.05) is 6.42 Å². The Morgan fingerprint density at radius 2 is 2.26 bits per heavy atom. The van der Waals surface area contributed by atoms with Crippen LogP contribution in [0.2, 0.25) is 0 Å². The van der Waals surface area contributed by atoms with Gasteiger partial charge in [-0.05, 0) is 42.7 Å². The predicted octanol–water partition coefficient (Wildman–Crippen LogP) is 1.17. The van der Waals surface area contributed by atoms with E-state index in [2.05, 4.69) is 10.6 Å². The SMILES string of the molecule is NC(=O)c1ccsc1NC(=O)C1NCC2CCCC21. The first-order chi connectivity index (χ1) is 9.16. The maximum atomic E-state index is 12.3. The molecule has 1 aromatic heterocycles. The first kappa shape index (κ1) is 12.6. The van der Waals surface area contributed by atoms with Crippen LogP contribution in [0.5, 0.6) is 0 Å². The lowest BCUT2D eigenvalue weighted by Gasteiger charge is -2.17. The molecule has 2 aliphatic rings. The van der Waals surface area contributed by atoms with Gasteiger partial charge >= 0.3 is 0 Å². The molecule has 0 radical (unpaired) electrons. The van der Waals surface area contributed by atoms with Crippen LogP contribution in [0.25, 0.3) is 0 Å². The van der Waals surface area contributed by atoms with Gasteiger partial charge in [0, 0.05) is 0 Å². The van der Waals surface area contributed by atoms with Crippen LogP contribution in [-0.2, 0) is 4.79 Å². The van der Waals surface area contributed by atoms with Crippen LogP contribution in [0.4, 0.5) is 5.00 Å². The van der Waals surface area contributed by atoms with Gasteiger partial charge in [0.05, 0.1) is 11.6 Å². The maximum Gasteiger partial charge on any atom is 0.251 e. The third kappa shape index (κ3) is 2.26. The molecule has 102 valence electrons. The zero-order valence-electron chi connectivity index (χ0n) is 10.5. The third-order valence-corrected chi connectivity index (χ3v) is 5.03. The largest absolute Gasteiger partial charge is 0.366 e. The van der Waals surface area contributed by atoms with E-state index in [1.165, 1.54) is 24.2 Å². The van der Waals surface area contributed by atoms with E-state index in [1.807, 2.05) is 0 Å². The van der Waals surface area contributed by atoms with Gasteiger partial charge in [-0.25, -0.2) is 0 Å². The summed E-state index contributed by atoms with van der Waals surface area (Å²) in [4.78, 5) is 23.5. The molecule has 2 fully saturated rings. The molecule has 4 N–H and O–H groups in total. The number of hydrogen-bond donors (Lipinski definition) is 3. The fraction of sp³-hybridized carbons (Fsp3) is 0.538. The van der Waals surface area contributed by atoms with Gasteiger partial charge in [-0.2, -0.15) is 0 Å². The summed E-state index contributed by atoms with van der Waals surface area (Å²) in [7, 11) is 0. The molecule has 3 unspecified atom stereocenters. The molecule has 1 aliphatic carbocycles. The average molecular weight is 279 g/mol. The van der Waals surface area contributed by atoms with Crippen LogP contribution in [0.3, 0.4) is 0 Å². The molecule has 3 atom stereocenters. The van der Waals surface area contributed by atoms with E-state index < -0.39 is 5.91 Å². The Kier molecular flexibility index (Phi) is 3.28. The monoisotopic (exact) mass is 279 g/mol. The molecule has 5 nitrogen and oxygen atoms in total. The summed E-state index contributed by atoms with van der Waals surface area (Å²) in [5.74, 6) is 0.528. The zero-order valence-corrected chi connectivity index (χ0v) is 11.3. The molecule has 1 saturated heterocycles. The number of carbonyl (C=O) groups is 2. The van der Waals surface area contributed by atoms with Crippen LogP contribution in [0, 0.1) is 11.8 Å². The van der Waals surface area contributed by atoms with Crippen LogP contribution in [-0.4, -0.2) is 24.4 Å². The Morgan fingerprint density at radius 3 is 3.05 bits per heavy atom. The highest BCUT2D eigenvalue weighted by molar-refractivity contribution is 7.14. The molecule has 3 rings (SSSR count). The van der Waals surface area contributed by atoms with Crippen molar-refractivity contribution in [2.45, 2.75) is 25.3 Å². The van der Waals surface area contributed by atoms with Crippen LogP contribution < -0.4 is 16.4 Å². The summed E-state index contributed by atoms with van der Waals surface area (Å²) in [6.07, 6.45) is 3.54. The third-order valence-electron chi connectivity index (χ3n) is 4.20. The number of thiophene rings is 1. The smallest absolute Gasteiger partial charge is 0.251 e. The molecule has 0 aromatic carbocycles. The van der Waals surface area contributed by atoms with Crippen LogP contribution >= 0.6 is 11.3 Å². The lowest BCUT2D eigenvalue weighted by molar-refractivity contribution is -0.118. The number of carbonyl (C=O) groups excluding carboxylic acids is 2. The number of fused-ring (bicyclic) bond motifs is 1. The molecule has 6 heteroatoms. The molecule has 2 heterocycles. The summed E-state index contributed by atoms with van der Waals surface area (Å²) in [6, 6.07) is 1.51. The first-order valence-corrected chi connectivity index (χ1v) is 7.46. The Morgan fingerprint density at radius 1 is 1.42 bits per heavy atom. The normalized spacial score (nSPS) is 29.2. The molecule has 1 aromatic rings. The van der Waals surface area contributed by atoms with Crippen molar-refractivity contribution in [2.24, 2.45) is 17.6 Å². The van der Waals surface area contributed by atoms with Crippen molar-refractivity contribution in [3.05, 3.63) is 17.0 Å². The van der Waals surface area contributed by atoms with Gasteiger partial charge in [0.25, 0.3) is 5.91 Å². The predicted molar refractivity (Wildman–Crippen MR) is 74.1 cm³/mol. The van der Waals surface area contributed by atoms with Crippen LogP contribution in [0.15, 0.2) is 11.4 Å². The summed E-state index contributed by atoms with van der Waals surface area (Å²) >= 11 is 1.33. The molecular weight excluding hydrogens is 262 g/mol. The topological polar surface area (TPSA) is 84.2 Å². The quantitative estimate of drug-likeness (QED) is 0.776. The molecule has 0 bridgehead atoms. The highest BCUT2D eigenvalue weighted by atomic mass is 32.1. The van der Waals surface area contributed by atoms with Gasteiger partial charge in [0.1, 0.15) is 5.00 Å². The molecular formula is C13H17N3O2S. The van der Waals surface area contributed by atoms with E-state index in [-0.39, 0.29) is 11.9 Å². The fourth-order valence-corrected chi connectivity index (χ4v) is 4.06. The standard InChI is InChI=1S/C13H17N3O2S/c14-11(17)9-4-5-19-13(9)16-12(18)10-8-3-1-2-7(8)6-15-10/h4-5,7-8,10,15H,1-3,6H2,(H2,14,17)(H,16,18). The number of nitrogens with one attached hydrogen (secondary N) is 2. The second-order valence-corrected chi connectivity index (χ2v) is 6.17. The lowest BCUT2D eigenvalue weighted by Crippen LogP contribution is -2.39. The summed E-state index contributed by atoms with van der Waals surface area (Å²) in [6.45, 7) is 0.926. The summed E-state index contributed by atoms with van der Waals surface area (Å²) < 4.78 is 0. The van der Waals surface area contributed by atoms with Crippen molar-refractivity contribution >= 4 is 28.2 Å². The van der Waals surface area contributed by atoms with Crippen molar-refractivity contribution in [3.63, 3.8) is 0 Å². The number of amides is 2. The first-order valence-electron chi connectivity index (χ1n) is 6.58. The Bertz CT molecular complexity index is 514. The minimum absolute atomic E-state index is 0.0423. The number of hydrogen-bond acceptors (Lipinski definition) is 4. The minimum Gasteiger partial charge on any atom is -0.366 e. The summed E-state index contributed by atoms with van der Waals surface area (Å²) in [5, 5.41) is 8.45. The van der Waals surface area contributed by atoms with E-state index in [1.54, 1.807) is 11.4 Å². The van der Waals surface area contributed by atoms with E-state index in [0.29, 0.717) is 22.4 Å². The lowest BCUT2D eigenvalue weighted by atomic mass is 9.94. The van der Waals surface area contributed by atoms with Crippen LogP contribution in [0.1, 0.15) is 29.6 Å². The van der Waals surface area contributed by atoms with E-state index in [4.69, 9.17) is 5.73 Å². The number of nitrogens with two attached hydrogens (primary N) is 1. The van der Waals surface area contributed by atoms with E-state index in [0.717, 1.165) is 13.0 Å². The van der Waals surface area contributed by atoms with Crippen molar-refractivity contribution < 1.29 is 9.59 Å². The summed E-state index contributed by atoms with van der Waals surface area (Å²) in [5.41, 5.74) is 5.66. The van der Waals surface area contributed by atoms with E-state index in [9.17, 15) is 9.59 Å². The second-order valence-electron chi connectivity index (χ2n) is 5.26. The van der Waals surface area contributed by atoms with Gasteiger partial charge in [0.2, 0.25) is 5.91 Å². The van der Waals surface area contributed by atoms with Crippen molar-refractivity contribution in [1.82, 2.24) is 5.32 Å². The number of rotatable bonds is 3. The van der Waals surface area contributed by atoms with E-state index >= 15 is 0 Å². The Hall–Kier alpha value is -1.40. The number of anilines is 1.